The van der Waals surface area contributed by atoms with E-state index in [9.17, 15) is 0 Å². The van der Waals surface area contributed by atoms with E-state index in [4.69, 9.17) is 0 Å². The quantitative estimate of drug-likeness (QED) is 0.723. The van der Waals surface area contributed by atoms with E-state index in [0.29, 0.717) is 0 Å². The van der Waals surface area contributed by atoms with E-state index in [1.165, 1.54) is 17.0 Å². The van der Waals surface area contributed by atoms with Gasteiger partial charge in [-0.05, 0) is 48.9 Å². The summed E-state index contributed by atoms with van der Waals surface area (Å²) in [5.41, 5.74) is 2.91. The third kappa shape index (κ3) is 1.74. The number of rotatable bonds is 0. The van der Waals surface area contributed by atoms with Gasteiger partial charge in [-0.1, -0.05) is 0 Å². The number of nitrogens with zero attached hydrogens (tertiary/aromatic N) is 2. The van der Waals surface area contributed by atoms with E-state index < -0.39 is 0 Å². The summed E-state index contributed by atoms with van der Waals surface area (Å²) >= 11 is 5.55. The van der Waals surface area contributed by atoms with Crippen molar-refractivity contribution in [2.75, 3.05) is 5.75 Å². The fourth-order valence-corrected chi connectivity index (χ4v) is 3.32. The van der Waals surface area contributed by atoms with Crippen molar-refractivity contribution in [1.82, 2.24) is 9.78 Å². The summed E-state index contributed by atoms with van der Waals surface area (Å²) in [6, 6.07) is 0. The average Bonchev–Trinajstić information content (AvgIpc) is 2.44. The highest BCUT2D eigenvalue weighted by molar-refractivity contribution is 9.10. The van der Waals surface area contributed by atoms with Crippen LogP contribution in [-0.2, 0) is 17.7 Å². The number of thioether (sulfide) groups is 1. The highest BCUT2D eigenvalue weighted by Gasteiger charge is 2.25. The molecule has 78 valence electrons. The molecule has 2 nitrogen and oxygen atoms in total. The average molecular weight is 275 g/mol. The van der Waals surface area contributed by atoms with Gasteiger partial charge >= 0.3 is 0 Å². The highest BCUT2D eigenvalue weighted by atomic mass is 79.9. The first-order valence-corrected chi connectivity index (χ1v) is 6.79. The molecule has 0 saturated carbocycles. The lowest BCUT2D eigenvalue weighted by Crippen LogP contribution is -2.26. The summed E-state index contributed by atoms with van der Waals surface area (Å²) in [5, 5.41) is 4.58. The maximum Gasteiger partial charge on any atom is 0.131 e. The smallest absolute Gasteiger partial charge is 0.131 e. The monoisotopic (exact) mass is 274 g/mol. The lowest BCUT2D eigenvalue weighted by atomic mass is 10.1. The van der Waals surface area contributed by atoms with Gasteiger partial charge in [-0.2, -0.15) is 16.9 Å². The summed E-state index contributed by atoms with van der Waals surface area (Å²) in [6.07, 6.45) is 1.15. The van der Waals surface area contributed by atoms with Crippen LogP contribution in [0.1, 0.15) is 32.0 Å². The molecule has 2 heterocycles. The zero-order chi connectivity index (χ0) is 10.3. The summed E-state index contributed by atoms with van der Waals surface area (Å²) in [6.45, 7) is 6.60. The fourth-order valence-electron chi connectivity index (χ4n) is 1.75. The lowest BCUT2D eigenvalue weighted by molar-refractivity contribution is 0.345. The molecule has 0 spiro atoms. The Balaban J connectivity index is 2.52. The molecule has 0 aliphatic carbocycles. The Morgan fingerprint density at radius 3 is 2.79 bits per heavy atom. The molecule has 0 radical (unpaired) electrons. The Bertz CT molecular complexity index is 352. The first kappa shape index (κ1) is 10.6. The molecule has 1 aromatic heterocycles. The van der Waals surface area contributed by atoms with Gasteiger partial charge < -0.3 is 0 Å². The second kappa shape index (κ2) is 3.56. The number of fused-ring (bicyclic) bond motifs is 1. The van der Waals surface area contributed by atoms with E-state index in [1.54, 1.807) is 0 Å². The normalized spacial score (nSPS) is 16.9. The van der Waals surface area contributed by atoms with Crippen LogP contribution in [0.25, 0.3) is 0 Å². The van der Waals surface area contributed by atoms with Crippen LogP contribution in [0.5, 0.6) is 0 Å². The molecule has 1 aliphatic heterocycles. The van der Waals surface area contributed by atoms with Crippen LogP contribution in [0.4, 0.5) is 0 Å². The van der Waals surface area contributed by atoms with E-state index in [0.717, 1.165) is 16.8 Å². The molecular weight excluding hydrogens is 260 g/mol. The molecular formula is C10H15BrN2S. The predicted molar refractivity (Wildman–Crippen MR) is 64.8 cm³/mol. The molecule has 0 atom stereocenters. The van der Waals surface area contributed by atoms with Crippen LogP contribution in [0, 0.1) is 0 Å². The van der Waals surface area contributed by atoms with Gasteiger partial charge in [-0.15, -0.1) is 0 Å². The molecule has 0 unspecified atom stereocenters. The Morgan fingerprint density at radius 1 is 1.43 bits per heavy atom. The molecule has 0 saturated heterocycles. The summed E-state index contributed by atoms with van der Waals surface area (Å²) in [7, 11) is 0. The molecule has 4 heteroatoms. The van der Waals surface area contributed by atoms with Gasteiger partial charge in [-0.25, -0.2) is 0 Å². The zero-order valence-electron chi connectivity index (χ0n) is 8.80. The predicted octanol–water partition coefficient (Wildman–Crippen LogP) is 3.19. The minimum absolute atomic E-state index is 0.0913. The maximum absolute atomic E-state index is 4.58. The molecule has 2 rings (SSSR count). The summed E-state index contributed by atoms with van der Waals surface area (Å²) < 4.78 is 3.21. The van der Waals surface area contributed by atoms with Crippen molar-refractivity contribution in [1.29, 1.82) is 0 Å². The number of hydrogen-bond donors (Lipinski definition) is 0. The third-order valence-electron chi connectivity index (χ3n) is 2.41. The van der Waals surface area contributed by atoms with E-state index in [2.05, 4.69) is 46.5 Å². The minimum Gasteiger partial charge on any atom is -0.262 e. The van der Waals surface area contributed by atoms with Crippen molar-refractivity contribution in [2.24, 2.45) is 0 Å². The molecule has 0 bridgehead atoms. The van der Waals surface area contributed by atoms with Crippen LogP contribution < -0.4 is 0 Å². The number of aromatic nitrogens is 2. The lowest BCUT2D eigenvalue weighted by Gasteiger charge is -2.24. The number of halogens is 1. The summed E-state index contributed by atoms with van der Waals surface area (Å²) in [5.74, 6) is 2.33. The molecule has 0 fully saturated rings. The van der Waals surface area contributed by atoms with Crippen molar-refractivity contribution >= 4 is 27.7 Å². The van der Waals surface area contributed by atoms with Crippen molar-refractivity contribution < 1.29 is 0 Å². The molecule has 1 aliphatic rings. The zero-order valence-corrected chi connectivity index (χ0v) is 11.2. The van der Waals surface area contributed by atoms with Gasteiger partial charge in [0.15, 0.2) is 0 Å². The van der Waals surface area contributed by atoms with Crippen LogP contribution >= 0.6 is 27.7 Å². The van der Waals surface area contributed by atoms with Crippen LogP contribution in [0.15, 0.2) is 4.60 Å². The molecule has 0 aromatic carbocycles. The Labute approximate surface area is 97.6 Å². The van der Waals surface area contributed by atoms with Gasteiger partial charge in [0, 0.05) is 11.3 Å². The van der Waals surface area contributed by atoms with Gasteiger partial charge in [0.2, 0.25) is 0 Å². The highest BCUT2D eigenvalue weighted by Crippen LogP contribution is 2.32. The Hall–Kier alpha value is 0.0400. The maximum atomic E-state index is 4.58. The van der Waals surface area contributed by atoms with Crippen molar-refractivity contribution in [3.63, 3.8) is 0 Å². The van der Waals surface area contributed by atoms with Gasteiger partial charge in [-0.3, -0.25) is 4.68 Å². The molecule has 0 amide bonds. The standard InChI is InChI=1S/C10H15BrN2S/c1-10(2,3)13-8-6-14-5-4-7(8)9(11)12-13/h4-6H2,1-3H3. The second-order valence-corrected chi connectivity index (χ2v) is 6.46. The van der Waals surface area contributed by atoms with Crippen molar-refractivity contribution in [3.8, 4) is 0 Å². The van der Waals surface area contributed by atoms with Crippen molar-refractivity contribution in [3.05, 3.63) is 15.9 Å². The van der Waals surface area contributed by atoms with Gasteiger partial charge in [0.1, 0.15) is 4.60 Å². The van der Waals surface area contributed by atoms with E-state index in [-0.39, 0.29) is 5.54 Å². The molecule has 1 aromatic rings. The SMILES string of the molecule is CC(C)(C)n1nc(Br)c2c1CSCC2. The Kier molecular flexibility index (Phi) is 2.68. The van der Waals surface area contributed by atoms with Crippen LogP contribution in [-0.4, -0.2) is 15.5 Å². The minimum atomic E-state index is 0.0913. The first-order valence-electron chi connectivity index (χ1n) is 4.84. The Morgan fingerprint density at radius 2 is 2.14 bits per heavy atom. The fraction of sp³-hybridized carbons (Fsp3) is 0.700. The van der Waals surface area contributed by atoms with Crippen LogP contribution in [0.2, 0.25) is 0 Å². The second-order valence-electron chi connectivity index (χ2n) is 4.60. The molecule has 0 N–H and O–H groups in total. The van der Waals surface area contributed by atoms with E-state index in [1.807, 2.05) is 11.8 Å². The summed E-state index contributed by atoms with van der Waals surface area (Å²) in [4.78, 5) is 0. The van der Waals surface area contributed by atoms with Crippen LogP contribution in [0.3, 0.4) is 0 Å². The largest absolute Gasteiger partial charge is 0.262 e. The van der Waals surface area contributed by atoms with Gasteiger partial charge in [0.25, 0.3) is 0 Å². The van der Waals surface area contributed by atoms with Crippen molar-refractivity contribution in [2.45, 2.75) is 38.5 Å². The first-order chi connectivity index (χ1) is 6.50. The topological polar surface area (TPSA) is 17.8 Å². The number of hydrogen-bond acceptors (Lipinski definition) is 2. The third-order valence-corrected chi connectivity index (χ3v) is 4.02. The molecule has 14 heavy (non-hydrogen) atoms. The van der Waals surface area contributed by atoms with E-state index >= 15 is 0 Å². The van der Waals surface area contributed by atoms with Gasteiger partial charge in [0.05, 0.1) is 11.2 Å².